The molecule has 68 valence electrons. The van der Waals surface area contributed by atoms with Gasteiger partial charge in [0.1, 0.15) is 6.17 Å². The summed E-state index contributed by atoms with van der Waals surface area (Å²) in [6, 6.07) is 2.06. The summed E-state index contributed by atoms with van der Waals surface area (Å²) >= 11 is 5.08. The molecule has 1 unspecified atom stereocenters. The van der Waals surface area contributed by atoms with E-state index in [1.807, 2.05) is 24.4 Å². The molecule has 0 aliphatic rings. The highest BCUT2D eigenvalue weighted by atomic mass is 79.9. The van der Waals surface area contributed by atoms with Crippen molar-refractivity contribution in [3.8, 4) is 0 Å². The number of thiophene rings is 1. The Bertz CT molecular complexity index is 249. The predicted molar refractivity (Wildman–Crippen MR) is 55.8 cm³/mol. The van der Waals surface area contributed by atoms with Gasteiger partial charge in [-0.3, -0.25) is 10.7 Å². The van der Waals surface area contributed by atoms with Crippen molar-refractivity contribution in [3.63, 3.8) is 0 Å². The average Bonchev–Trinajstić information content (AvgIpc) is 2.37. The van der Waals surface area contributed by atoms with Crippen molar-refractivity contribution in [1.29, 1.82) is 0 Å². The first kappa shape index (κ1) is 10.1. The molecular formula is C7H12BrN3S. The molecule has 0 spiro atoms. The van der Waals surface area contributed by atoms with Gasteiger partial charge in [-0.15, -0.1) is 11.3 Å². The first-order valence-corrected chi connectivity index (χ1v) is 5.19. The van der Waals surface area contributed by atoms with E-state index in [1.165, 1.54) is 4.88 Å². The molecule has 0 aliphatic carbocycles. The number of nitrogens with zero attached hydrogens (tertiary/aromatic N) is 1. The Kier molecular flexibility index (Phi) is 3.67. The summed E-state index contributed by atoms with van der Waals surface area (Å²) in [7, 11) is 3.97. The summed E-state index contributed by atoms with van der Waals surface area (Å²) in [6.45, 7) is 0. The smallest absolute Gasteiger partial charge is 0.107 e. The minimum Gasteiger partial charge on any atom is -0.289 e. The highest BCUT2D eigenvalue weighted by molar-refractivity contribution is 9.10. The van der Waals surface area contributed by atoms with Gasteiger partial charge in [-0.2, -0.15) is 0 Å². The number of nitrogens with one attached hydrogen (secondary N) is 1. The van der Waals surface area contributed by atoms with Gasteiger partial charge < -0.3 is 0 Å². The van der Waals surface area contributed by atoms with Crippen LogP contribution >= 0.6 is 27.3 Å². The molecule has 0 bridgehead atoms. The van der Waals surface area contributed by atoms with Gasteiger partial charge in [0.15, 0.2) is 0 Å². The molecule has 5 heteroatoms. The molecule has 0 fully saturated rings. The first-order valence-electron chi connectivity index (χ1n) is 3.51. The molecule has 0 aromatic carbocycles. The highest BCUT2D eigenvalue weighted by Crippen LogP contribution is 2.25. The maximum atomic E-state index is 5.41. The standard InChI is InChI=1S/C7H12BrN3S/c1-11(2)7(10-9)6-3-5(8)4-12-6/h3-4,7,10H,9H2,1-2H3. The van der Waals surface area contributed by atoms with E-state index in [2.05, 4.69) is 27.4 Å². The van der Waals surface area contributed by atoms with Crippen molar-refractivity contribution < 1.29 is 0 Å². The lowest BCUT2D eigenvalue weighted by atomic mass is 10.4. The van der Waals surface area contributed by atoms with Crippen molar-refractivity contribution in [3.05, 3.63) is 20.8 Å². The van der Waals surface area contributed by atoms with E-state index in [0.717, 1.165) is 4.47 Å². The number of rotatable bonds is 3. The molecule has 3 N–H and O–H groups in total. The fourth-order valence-corrected chi connectivity index (χ4v) is 2.56. The Morgan fingerprint density at radius 1 is 1.67 bits per heavy atom. The second-order valence-corrected chi connectivity index (χ2v) is 4.56. The van der Waals surface area contributed by atoms with Gasteiger partial charge in [-0.05, 0) is 36.1 Å². The Morgan fingerprint density at radius 3 is 2.67 bits per heavy atom. The van der Waals surface area contributed by atoms with Gasteiger partial charge in [-0.25, -0.2) is 5.43 Å². The summed E-state index contributed by atoms with van der Waals surface area (Å²) in [4.78, 5) is 3.23. The average molecular weight is 250 g/mol. The third kappa shape index (κ3) is 2.27. The van der Waals surface area contributed by atoms with Crippen molar-refractivity contribution >= 4 is 27.3 Å². The Balaban J connectivity index is 2.80. The number of halogens is 1. The van der Waals surface area contributed by atoms with E-state index in [9.17, 15) is 0 Å². The zero-order valence-electron chi connectivity index (χ0n) is 7.04. The number of nitrogens with two attached hydrogens (primary N) is 1. The molecule has 0 amide bonds. The molecule has 12 heavy (non-hydrogen) atoms. The van der Waals surface area contributed by atoms with E-state index in [4.69, 9.17) is 5.84 Å². The first-order chi connectivity index (χ1) is 5.65. The lowest BCUT2D eigenvalue weighted by Crippen LogP contribution is -2.37. The van der Waals surface area contributed by atoms with Gasteiger partial charge in [0.2, 0.25) is 0 Å². The highest BCUT2D eigenvalue weighted by Gasteiger charge is 2.13. The van der Waals surface area contributed by atoms with Gasteiger partial charge in [0, 0.05) is 14.7 Å². The second kappa shape index (κ2) is 4.34. The molecule has 3 nitrogen and oxygen atoms in total. The van der Waals surface area contributed by atoms with Crippen LogP contribution in [0, 0.1) is 0 Å². The molecule has 0 saturated carbocycles. The molecule has 1 aromatic rings. The van der Waals surface area contributed by atoms with Crippen molar-refractivity contribution in [2.75, 3.05) is 14.1 Å². The quantitative estimate of drug-likeness (QED) is 0.485. The fourth-order valence-electron chi connectivity index (χ4n) is 0.957. The van der Waals surface area contributed by atoms with Crippen molar-refractivity contribution in [2.24, 2.45) is 5.84 Å². The van der Waals surface area contributed by atoms with Crippen LogP contribution in [0.25, 0.3) is 0 Å². The summed E-state index contributed by atoms with van der Waals surface area (Å²) in [5, 5.41) is 2.04. The minimum absolute atomic E-state index is 0.0984. The maximum Gasteiger partial charge on any atom is 0.107 e. The molecule has 1 atom stereocenters. The van der Waals surface area contributed by atoms with Gasteiger partial charge >= 0.3 is 0 Å². The van der Waals surface area contributed by atoms with Crippen LogP contribution < -0.4 is 11.3 Å². The predicted octanol–water partition coefficient (Wildman–Crippen LogP) is 1.53. The van der Waals surface area contributed by atoms with E-state index < -0.39 is 0 Å². The molecular weight excluding hydrogens is 238 g/mol. The van der Waals surface area contributed by atoms with Crippen LogP contribution in [-0.4, -0.2) is 19.0 Å². The summed E-state index contributed by atoms with van der Waals surface area (Å²) < 4.78 is 1.10. The Labute approximate surface area is 84.7 Å². The van der Waals surface area contributed by atoms with Crippen LogP contribution in [0.1, 0.15) is 11.0 Å². The van der Waals surface area contributed by atoms with Crippen LogP contribution in [-0.2, 0) is 0 Å². The normalized spacial score (nSPS) is 13.8. The zero-order valence-corrected chi connectivity index (χ0v) is 9.45. The zero-order chi connectivity index (χ0) is 9.14. The number of hydrazine groups is 1. The van der Waals surface area contributed by atoms with E-state index in [1.54, 1.807) is 11.3 Å². The molecule has 0 saturated heterocycles. The van der Waals surface area contributed by atoms with E-state index >= 15 is 0 Å². The van der Waals surface area contributed by atoms with Crippen LogP contribution in [0.3, 0.4) is 0 Å². The fraction of sp³-hybridized carbons (Fsp3) is 0.429. The molecule has 1 heterocycles. The Morgan fingerprint density at radius 2 is 2.33 bits per heavy atom. The number of hydrogen-bond acceptors (Lipinski definition) is 4. The van der Waals surface area contributed by atoms with Crippen molar-refractivity contribution in [1.82, 2.24) is 10.3 Å². The minimum atomic E-state index is 0.0984. The molecule has 0 aliphatic heterocycles. The van der Waals surface area contributed by atoms with Gasteiger partial charge in [0.25, 0.3) is 0 Å². The van der Waals surface area contributed by atoms with Crippen LogP contribution in [0.5, 0.6) is 0 Å². The monoisotopic (exact) mass is 249 g/mol. The number of hydrogen-bond donors (Lipinski definition) is 2. The van der Waals surface area contributed by atoms with Crippen LogP contribution in [0.2, 0.25) is 0 Å². The van der Waals surface area contributed by atoms with Gasteiger partial charge in [0.05, 0.1) is 0 Å². The SMILES string of the molecule is CN(C)C(NN)c1cc(Br)cs1. The molecule has 1 aromatic heterocycles. The Hall–Kier alpha value is 0.0600. The lowest BCUT2D eigenvalue weighted by molar-refractivity contribution is 0.257. The largest absolute Gasteiger partial charge is 0.289 e. The summed E-state index contributed by atoms with van der Waals surface area (Å²) in [5.41, 5.74) is 2.75. The second-order valence-electron chi connectivity index (χ2n) is 2.70. The summed E-state index contributed by atoms with van der Waals surface area (Å²) in [5.74, 6) is 5.41. The van der Waals surface area contributed by atoms with E-state index in [-0.39, 0.29) is 6.17 Å². The van der Waals surface area contributed by atoms with Crippen molar-refractivity contribution in [2.45, 2.75) is 6.17 Å². The van der Waals surface area contributed by atoms with Crippen LogP contribution in [0.4, 0.5) is 0 Å². The third-order valence-corrected chi connectivity index (χ3v) is 3.28. The third-order valence-electron chi connectivity index (χ3n) is 1.53. The summed E-state index contributed by atoms with van der Waals surface area (Å²) in [6.07, 6.45) is 0.0984. The topological polar surface area (TPSA) is 41.3 Å². The molecule has 1 rings (SSSR count). The maximum absolute atomic E-state index is 5.41. The van der Waals surface area contributed by atoms with Gasteiger partial charge in [-0.1, -0.05) is 0 Å². The lowest BCUT2D eigenvalue weighted by Gasteiger charge is -2.21. The molecule has 0 radical (unpaired) electrons. The van der Waals surface area contributed by atoms with E-state index in [0.29, 0.717) is 0 Å². The van der Waals surface area contributed by atoms with Crippen LogP contribution in [0.15, 0.2) is 15.9 Å².